The normalized spacial score (nSPS) is 19.6. The predicted octanol–water partition coefficient (Wildman–Crippen LogP) is 8.91. The number of hydrogen-bond donors (Lipinski definition) is 3. The first-order valence-electron chi connectivity index (χ1n) is 14.5. The van der Waals surface area contributed by atoms with E-state index in [9.17, 15) is 18.0 Å². The average molecular weight is 572 g/mol. The number of rotatable bonds is 6. The van der Waals surface area contributed by atoms with E-state index in [1.54, 1.807) is 12.1 Å². The van der Waals surface area contributed by atoms with Crippen LogP contribution in [0.2, 0.25) is 0 Å². The zero-order chi connectivity index (χ0) is 29.4. The van der Waals surface area contributed by atoms with Gasteiger partial charge in [0, 0.05) is 23.5 Å². The second-order valence-electron chi connectivity index (χ2n) is 13.2. The Morgan fingerprint density at radius 1 is 0.951 bits per heavy atom. The standard InChI is InChI=1S/C31H40F3N5O2/c1-29(2)17-23(18-30(3,4)19-29)39-26-15-12-22(37-28(40)36-20-8-6-5-7-9-20)16-25(26)38-27(39)35-21-10-13-24(14-11-21)41-31(32,33)34/h10-16,20,23H,5-9,17-19H2,1-4H3,(H,35,38)(H2,36,37,40). The Labute approximate surface area is 239 Å². The molecule has 2 fully saturated rings. The summed E-state index contributed by atoms with van der Waals surface area (Å²) in [5.74, 6) is 0.321. The summed E-state index contributed by atoms with van der Waals surface area (Å²) in [5, 5.41) is 9.38. The number of aromatic nitrogens is 2. The Hall–Kier alpha value is -3.43. The fourth-order valence-electron chi connectivity index (χ4n) is 7.07. The van der Waals surface area contributed by atoms with E-state index in [2.05, 4.69) is 52.9 Å². The molecule has 0 bridgehead atoms. The van der Waals surface area contributed by atoms with Crippen LogP contribution < -0.4 is 20.7 Å². The Kier molecular flexibility index (Phi) is 7.87. The Morgan fingerprint density at radius 3 is 2.22 bits per heavy atom. The molecule has 0 atom stereocenters. The molecule has 3 aromatic rings. The molecular formula is C31H40F3N5O2. The topological polar surface area (TPSA) is 80.2 Å². The third kappa shape index (κ3) is 7.45. The number of anilines is 3. The number of alkyl halides is 3. The molecule has 3 N–H and O–H groups in total. The summed E-state index contributed by atoms with van der Waals surface area (Å²) in [6, 6.07) is 11.5. The highest BCUT2D eigenvalue weighted by atomic mass is 19.4. The molecule has 2 saturated carbocycles. The van der Waals surface area contributed by atoms with E-state index in [4.69, 9.17) is 4.98 Å². The van der Waals surface area contributed by atoms with Crippen molar-refractivity contribution < 1.29 is 22.7 Å². The first-order chi connectivity index (χ1) is 19.3. The van der Waals surface area contributed by atoms with Crippen molar-refractivity contribution in [1.82, 2.24) is 14.9 Å². The van der Waals surface area contributed by atoms with Gasteiger partial charge in [-0.3, -0.25) is 0 Å². The number of amides is 2. The Balaban J connectivity index is 1.44. The largest absolute Gasteiger partial charge is 0.573 e. The molecule has 2 aromatic carbocycles. The molecule has 1 aromatic heterocycles. The fraction of sp³-hybridized carbons (Fsp3) is 0.548. The van der Waals surface area contributed by atoms with Crippen molar-refractivity contribution in [3.63, 3.8) is 0 Å². The fourth-order valence-corrected chi connectivity index (χ4v) is 7.07. The maximum Gasteiger partial charge on any atom is 0.573 e. The minimum atomic E-state index is -4.75. The summed E-state index contributed by atoms with van der Waals surface area (Å²) in [5.41, 5.74) is 3.14. The van der Waals surface area contributed by atoms with E-state index in [-0.39, 0.29) is 34.7 Å². The highest BCUT2D eigenvalue weighted by Crippen LogP contribution is 2.51. The number of nitrogens with one attached hydrogen (secondary N) is 3. The summed E-state index contributed by atoms with van der Waals surface area (Å²) in [6.07, 6.45) is 3.77. The number of urea groups is 1. The number of ether oxygens (including phenoxy) is 1. The third-order valence-corrected chi connectivity index (χ3v) is 8.13. The van der Waals surface area contributed by atoms with Crippen molar-refractivity contribution >= 4 is 34.4 Å². The second kappa shape index (κ2) is 11.1. The molecule has 41 heavy (non-hydrogen) atoms. The van der Waals surface area contributed by atoms with E-state index in [1.807, 2.05) is 18.2 Å². The minimum Gasteiger partial charge on any atom is -0.406 e. The van der Waals surface area contributed by atoms with Crippen molar-refractivity contribution in [2.75, 3.05) is 10.6 Å². The molecule has 1 heterocycles. The van der Waals surface area contributed by atoms with Crippen LogP contribution in [0.4, 0.5) is 35.3 Å². The molecule has 2 amide bonds. The minimum absolute atomic E-state index is 0.121. The smallest absolute Gasteiger partial charge is 0.406 e. The molecule has 0 unspecified atom stereocenters. The van der Waals surface area contributed by atoms with Crippen LogP contribution >= 0.6 is 0 Å². The van der Waals surface area contributed by atoms with E-state index in [0.29, 0.717) is 17.3 Å². The van der Waals surface area contributed by atoms with Crippen molar-refractivity contribution in [3.8, 4) is 5.75 Å². The molecule has 7 nitrogen and oxygen atoms in total. The maximum atomic E-state index is 12.7. The molecule has 0 radical (unpaired) electrons. The molecule has 0 saturated heterocycles. The highest BCUT2D eigenvalue weighted by Gasteiger charge is 2.40. The zero-order valence-corrected chi connectivity index (χ0v) is 24.2. The van der Waals surface area contributed by atoms with E-state index in [0.717, 1.165) is 56.0 Å². The number of fused-ring (bicyclic) bond motifs is 1. The molecule has 2 aliphatic rings. The molecule has 10 heteroatoms. The third-order valence-electron chi connectivity index (χ3n) is 8.13. The number of halogens is 3. The predicted molar refractivity (Wildman–Crippen MR) is 156 cm³/mol. The first kappa shape index (κ1) is 29.1. The van der Waals surface area contributed by atoms with Gasteiger partial charge in [-0.2, -0.15) is 0 Å². The zero-order valence-electron chi connectivity index (χ0n) is 24.2. The molecule has 5 rings (SSSR count). The summed E-state index contributed by atoms with van der Waals surface area (Å²) < 4.78 is 44.2. The van der Waals surface area contributed by atoms with Gasteiger partial charge in [-0.1, -0.05) is 47.0 Å². The van der Waals surface area contributed by atoms with Crippen LogP contribution in [-0.2, 0) is 0 Å². The number of imidazole rings is 1. The van der Waals surface area contributed by atoms with Crippen molar-refractivity contribution in [2.24, 2.45) is 10.8 Å². The van der Waals surface area contributed by atoms with E-state index in [1.165, 1.54) is 18.6 Å². The van der Waals surface area contributed by atoms with E-state index >= 15 is 0 Å². The molecular weight excluding hydrogens is 531 g/mol. The van der Waals surface area contributed by atoms with Crippen LogP contribution in [0.15, 0.2) is 42.5 Å². The average Bonchev–Trinajstić information content (AvgIpc) is 3.20. The number of benzene rings is 2. The summed E-state index contributed by atoms with van der Waals surface area (Å²) in [7, 11) is 0. The van der Waals surface area contributed by atoms with Gasteiger partial charge in [-0.15, -0.1) is 13.2 Å². The van der Waals surface area contributed by atoms with Crippen molar-refractivity contribution in [2.45, 2.75) is 97.5 Å². The van der Waals surface area contributed by atoms with Crippen molar-refractivity contribution in [3.05, 3.63) is 42.5 Å². The number of nitrogens with zero attached hydrogens (tertiary/aromatic N) is 2. The lowest BCUT2D eigenvalue weighted by atomic mass is 9.63. The van der Waals surface area contributed by atoms with Gasteiger partial charge in [0.25, 0.3) is 0 Å². The van der Waals surface area contributed by atoms with Crippen LogP contribution in [0.5, 0.6) is 5.75 Å². The molecule has 222 valence electrons. The number of hydrogen-bond acceptors (Lipinski definition) is 4. The Morgan fingerprint density at radius 2 is 1.59 bits per heavy atom. The van der Waals surface area contributed by atoms with Crippen LogP contribution in [0.3, 0.4) is 0 Å². The number of carbonyl (C=O) groups is 1. The van der Waals surface area contributed by atoms with Gasteiger partial charge in [0.1, 0.15) is 5.75 Å². The maximum absolute atomic E-state index is 12.7. The summed E-state index contributed by atoms with van der Waals surface area (Å²) in [4.78, 5) is 17.6. The van der Waals surface area contributed by atoms with Crippen LogP contribution in [0, 0.1) is 10.8 Å². The lowest BCUT2D eigenvalue weighted by Gasteiger charge is -2.45. The van der Waals surface area contributed by atoms with Gasteiger partial charge in [-0.25, -0.2) is 9.78 Å². The SMILES string of the molecule is CC1(C)CC(n2c(Nc3ccc(OC(F)(F)F)cc3)nc3cc(NC(=O)NC4CCCCC4)ccc32)CC(C)(C)C1. The van der Waals surface area contributed by atoms with Gasteiger partial charge < -0.3 is 25.3 Å². The van der Waals surface area contributed by atoms with Crippen LogP contribution in [0.25, 0.3) is 11.0 Å². The lowest BCUT2D eigenvalue weighted by Crippen LogP contribution is -2.39. The number of carbonyl (C=O) groups excluding carboxylic acids is 1. The van der Waals surface area contributed by atoms with Gasteiger partial charge in [0.2, 0.25) is 5.95 Å². The monoisotopic (exact) mass is 571 g/mol. The first-order valence-corrected chi connectivity index (χ1v) is 14.5. The van der Waals surface area contributed by atoms with Crippen molar-refractivity contribution in [1.29, 1.82) is 0 Å². The molecule has 0 spiro atoms. The molecule has 2 aliphatic carbocycles. The van der Waals surface area contributed by atoms with Gasteiger partial charge in [-0.05, 0) is 85.4 Å². The van der Waals surface area contributed by atoms with Crippen LogP contribution in [0.1, 0.15) is 85.1 Å². The lowest BCUT2D eigenvalue weighted by molar-refractivity contribution is -0.274. The Bertz CT molecular complexity index is 1360. The van der Waals surface area contributed by atoms with Gasteiger partial charge in [0.15, 0.2) is 0 Å². The van der Waals surface area contributed by atoms with Crippen LogP contribution in [-0.4, -0.2) is 28.0 Å². The second-order valence-corrected chi connectivity index (χ2v) is 13.2. The van der Waals surface area contributed by atoms with Gasteiger partial charge in [0.05, 0.1) is 11.0 Å². The molecule has 0 aliphatic heterocycles. The summed E-state index contributed by atoms with van der Waals surface area (Å²) in [6.45, 7) is 9.16. The van der Waals surface area contributed by atoms with E-state index < -0.39 is 6.36 Å². The highest BCUT2D eigenvalue weighted by molar-refractivity contribution is 5.92. The summed E-state index contributed by atoms with van der Waals surface area (Å²) >= 11 is 0. The quantitative estimate of drug-likeness (QED) is 0.276. The van der Waals surface area contributed by atoms with Gasteiger partial charge >= 0.3 is 12.4 Å².